The maximum atomic E-state index is 11.0. The summed E-state index contributed by atoms with van der Waals surface area (Å²) in [5, 5.41) is 11.8. The van der Waals surface area contributed by atoms with Gasteiger partial charge >= 0.3 is 0 Å². The third-order valence-corrected chi connectivity index (χ3v) is 3.83. The van der Waals surface area contributed by atoms with E-state index in [1.165, 1.54) is 6.07 Å². The zero-order chi connectivity index (χ0) is 17.1. The van der Waals surface area contributed by atoms with Crippen molar-refractivity contribution >= 4 is 34.4 Å². The summed E-state index contributed by atoms with van der Waals surface area (Å²) < 4.78 is 0. The molecule has 0 fully saturated rings. The molecule has 0 N–H and O–H groups in total. The van der Waals surface area contributed by atoms with Crippen LogP contribution < -0.4 is 4.90 Å². The summed E-state index contributed by atoms with van der Waals surface area (Å²) in [6.07, 6.45) is 5.66. The van der Waals surface area contributed by atoms with Gasteiger partial charge in [-0.05, 0) is 35.4 Å². The molecule has 5 heteroatoms. The van der Waals surface area contributed by atoms with E-state index < -0.39 is 0 Å². The number of anilines is 1. The summed E-state index contributed by atoms with van der Waals surface area (Å²) >= 11 is 0. The van der Waals surface area contributed by atoms with Crippen LogP contribution in [0, 0.1) is 10.1 Å². The normalized spacial score (nSPS) is 11.1. The quantitative estimate of drug-likeness (QED) is 0.529. The van der Waals surface area contributed by atoms with Crippen LogP contribution in [-0.2, 0) is 0 Å². The number of hydrogen-bond donors (Lipinski definition) is 0. The molecule has 0 bridgehead atoms. The van der Waals surface area contributed by atoms with Crippen molar-refractivity contribution in [1.29, 1.82) is 0 Å². The number of fused-ring (bicyclic) bond motifs is 1. The molecule has 0 radical (unpaired) electrons. The summed E-state index contributed by atoms with van der Waals surface area (Å²) in [7, 11) is 4.00. The zero-order valence-electron chi connectivity index (χ0n) is 13.5. The predicted molar refractivity (Wildman–Crippen MR) is 98.1 cm³/mol. The fourth-order valence-electron chi connectivity index (χ4n) is 2.48. The highest BCUT2D eigenvalue weighted by Gasteiger charge is 2.08. The largest absolute Gasteiger partial charge is 0.378 e. The van der Waals surface area contributed by atoms with Crippen molar-refractivity contribution in [2.24, 2.45) is 0 Å². The molecule has 24 heavy (non-hydrogen) atoms. The molecule has 5 nitrogen and oxygen atoms in total. The van der Waals surface area contributed by atoms with Crippen LogP contribution in [0.25, 0.3) is 23.1 Å². The standard InChI is InChI=1S/C19H17N3O2/c1-21(2)16-7-4-14(5-8-16)3-6-15-11-12-20-19-10-9-17(22(23)24)13-18(15)19/h3-13H,1-2H3/b6-3-. The Balaban J connectivity index is 1.96. The summed E-state index contributed by atoms with van der Waals surface area (Å²) in [5.41, 5.74) is 3.92. The molecule has 3 rings (SSSR count). The highest BCUT2D eigenvalue weighted by molar-refractivity contribution is 5.91. The molecule has 120 valence electrons. The molecule has 0 atom stereocenters. The van der Waals surface area contributed by atoms with E-state index in [9.17, 15) is 10.1 Å². The Morgan fingerprint density at radius 2 is 1.79 bits per heavy atom. The number of nitro groups is 1. The summed E-state index contributed by atoms with van der Waals surface area (Å²) in [6.45, 7) is 0. The number of hydrogen-bond acceptors (Lipinski definition) is 4. The number of non-ortho nitro benzene ring substituents is 1. The summed E-state index contributed by atoms with van der Waals surface area (Å²) in [4.78, 5) is 16.9. The van der Waals surface area contributed by atoms with E-state index in [0.29, 0.717) is 0 Å². The van der Waals surface area contributed by atoms with Crippen molar-refractivity contribution in [3.05, 3.63) is 76.0 Å². The van der Waals surface area contributed by atoms with Gasteiger partial charge < -0.3 is 4.90 Å². The third-order valence-electron chi connectivity index (χ3n) is 3.83. The molecule has 0 spiro atoms. The van der Waals surface area contributed by atoms with Gasteiger partial charge in [0.1, 0.15) is 0 Å². The minimum atomic E-state index is -0.389. The molecule has 2 aromatic carbocycles. The van der Waals surface area contributed by atoms with Crippen molar-refractivity contribution in [3.8, 4) is 0 Å². The van der Waals surface area contributed by atoms with Crippen molar-refractivity contribution < 1.29 is 4.92 Å². The van der Waals surface area contributed by atoms with E-state index in [1.54, 1.807) is 18.3 Å². The predicted octanol–water partition coefficient (Wildman–Crippen LogP) is 4.38. The van der Waals surface area contributed by atoms with Crippen LogP contribution in [0.15, 0.2) is 54.7 Å². The fourth-order valence-corrected chi connectivity index (χ4v) is 2.48. The lowest BCUT2D eigenvalue weighted by Crippen LogP contribution is -2.07. The molecular weight excluding hydrogens is 302 g/mol. The van der Waals surface area contributed by atoms with E-state index in [1.807, 2.05) is 49.3 Å². The van der Waals surface area contributed by atoms with Gasteiger partial charge in [-0.15, -0.1) is 0 Å². The lowest BCUT2D eigenvalue weighted by atomic mass is 10.1. The Labute approximate surface area is 140 Å². The van der Waals surface area contributed by atoms with E-state index in [2.05, 4.69) is 17.1 Å². The second-order valence-corrected chi connectivity index (χ2v) is 5.68. The van der Waals surface area contributed by atoms with Gasteiger partial charge in [0.05, 0.1) is 10.4 Å². The molecule has 0 unspecified atom stereocenters. The number of nitrogens with zero attached hydrogens (tertiary/aromatic N) is 3. The van der Waals surface area contributed by atoms with Gasteiger partial charge in [-0.3, -0.25) is 15.1 Å². The smallest absolute Gasteiger partial charge is 0.270 e. The van der Waals surface area contributed by atoms with Crippen LogP contribution in [0.3, 0.4) is 0 Å². The Kier molecular flexibility index (Phi) is 4.24. The van der Waals surface area contributed by atoms with E-state index >= 15 is 0 Å². The number of rotatable bonds is 4. The maximum absolute atomic E-state index is 11.0. The summed E-state index contributed by atoms with van der Waals surface area (Å²) in [5.74, 6) is 0. The van der Waals surface area contributed by atoms with Crippen molar-refractivity contribution in [3.63, 3.8) is 0 Å². The second-order valence-electron chi connectivity index (χ2n) is 5.68. The molecule has 0 saturated heterocycles. The van der Waals surface area contributed by atoms with Crippen LogP contribution in [0.4, 0.5) is 11.4 Å². The Morgan fingerprint density at radius 1 is 1.04 bits per heavy atom. The van der Waals surface area contributed by atoms with Gasteiger partial charge in [-0.25, -0.2) is 0 Å². The Bertz CT molecular complexity index is 916. The first kappa shape index (κ1) is 15.7. The molecule has 3 aromatic rings. The number of benzene rings is 2. The number of pyridine rings is 1. The lowest BCUT2D eigenvalue weighted by Gasteiger charge is -2.11. The van der Waals surface area contributed by atoms with Crippen LogP contribution in [0.2, 0.25) is 0 Å². The molecule has 1 heterocycles. The second kappa shape index (κ2) is 6.50. The Hall–Kier alpha value is -3.21. The average molecular weight is 319 g/mol. The van der Waals surface area contributed by atoms with Crippen LogP contribution >= 0.6 is 0 Å². The third kappa shape index (κ3) is 3.25. The number of aromatic nitrogens is 1. The lowest BCUT2D eigenvalue weighted by molar-refractivity contribution is -0.384. The van der Waals surface area contributed by atoms with E-state index in [0.717, 1.165) is 27.7 Å². The first-order valence-corrected chi connectivity index (χ1v) is 7.53. The van der Waals surface area contributed by atoms with Gasteiger partial charge in [0.2, 0.25) is 0 Å². The maximum Gasteiger partial charge on any atom is 0.270 e. The van der Waals surface area contributed by atoms with Gasteiger partial charge in [0.25, 0.3) is 5.69 Å². The van der Waals surface area contributed by atoms with Crippen LogP contribution in [0.5, 0.6) is 0 Å². The molecule has 0 amide bonds. The average Bonchev–Trinajstić information content (AvgIpc) is 2.59. The van der Waals surface area contributed by atoms with Crippen molar-refractivity contribution in [2.75, 3.05) is 19.0 Å². The molecule has 0 saturated carbocycles. The van der Waals surface area contributed by atoms with Crippen molar-refractivity contribution in [2.45, 2.75) is 0 Å². The van der Waals surface area contributed by atoms with Crippen molar-refractivity contribution in [1.82, 2.24) is 4.98 Å². The van der Waals surface area contributed by atoms with Gasteiger partial charge in [0.15, 0.2) is 0 Å². The fraction of sp³-hybridized carbons (Fsp3) is 0.105. The van der Waals surface area contributed by atoms with E-state index in [-0.39, 0.29) is 10.6 Å². The topological polar surface area (TPSA) is 59.3 Å². The first-order chi connectivity index (χ1) is 11.5. The SMILES string of the molecule is CN(C)c1ccc(/C=C\c2ccnc3ccc([N+](=O)[O-])cc23)cc1. The molecule has 0 aliphatic rings. The minimum absolute atomic E-state index is 0.0699. The molecular formula is C19H17N3O2. The molecule has 0 aliphatic heterocycles. The van der Waals surface area contributed by atoms with Crippen LogP contribution in [-0.4, -0.2) is 24.0 Å². The molecule has 0 aliphatic carbocycles. The highest BCUT2D eigenvalue weighted by Crippen LogP contribution is 2.24. The van der Waals surface area contributed by atoms with Crippen LogP contribution in [0.1, 0.15) is 11.1 Å². The first-order valence-electron chi connectivity index (χ1n) is 7.53. The Morgan fingerprint density at radius 3 is 2.46 bits per heavy atom. The van der Waals surface area contributed by atoms with Gasteiger partial charge in [-0.1, -0.05) is 24.3 Å². The zero-order valence-corrected chi connectivity index (χ0v) is 13.5. The van der Waals surface area contributed by atoms with Gasteiger partial charge in [0, 0.05) is 43.5 Å². The van der Waals surface area contributed by atoms with Gasteiger partial charge in [-0.2, -0.15) is 0 Å². The monoisotopic (exact) mass is 319 g/mol. The highest BCUT2D eigenvalue weighted by atomic mass is 16.6. The van der Waals surface area contributed by atoms with E-state index in [4.69, 9.17) is 0 Å². The molecule has 1 aromatic heterocycles. The summed E-state index contributed by atoms with van der Waals surface area (Å²) in [6, 6.07) is 14.8. The minimum Gasteiger partial charge on any atom is -0.378 e. The number of nitro benzene ring substituents is 1.